The van der Waals surface area contributed by atoms with Crippen LogP contribution in [0.25, 0.3) is 0 Å². The molecule has 1 N–H and O–H groups in total. The van der Waals surface area contributed by atoms with Gasteiger partial charge in [0, 0.05) is 17.5 Å². The number of aromatic nitrogens is 3. The maximum Gasteiger partial charge on any atom is 0.116 e. The molecule has 1 saturated carbocycles. The molecule has 2 aromatic rings. The van der Waals surface area contributed by atoms with Gasteiger partial charge in [-0.05, 0) is 39.0 Å². The van der Waals surface area contributed by atoms with E-state index in [0.717, 1.165) is 13.0 Å². The lowest BCUT2D eigenvalue weighted by atomic mass is 10.2. The topological polar surface area (TPSA) is 42.7 Å². The summed E-state index contributed by atoms with van der Waals surface area (Å²) in [6.45, 7) is 3.13. The Bertz CT molecular complexity index is 590. The van der Waals surface area contributed by atoms with Crippen molar-refractivity contribution in [3.05, 3.63) is 33.8 Å². The van der Waals surface area contributed by atoms with E-state index in [9.17, 15) is 0 Å². The molecule has 2 aliphatic carbocycles. The maximum absolute atomic E-state index is 4.92. The number of nitrogens with one attached hydrogen (secondary N) is 1. The number of fused-ring (bicyclic) bond motifs is 1. The third kappa shape index (κ3) is 2.19. The molecule has 0 spiro atoms. The van der Waals surface area contributed by atoms with Crippen molar-refractivity contribution in [2.45, 2.75) is 57.7 Å². The minimum atomic E-state index is 0.223. The summed E-state index contributed by atoms with van der Waals surface area (Å²) in [5.41, 5.74) is 2.60. The van der Waals surface area contributed by atoms with Crippen LogP contribution in [0.1, 0.15) is 53.5 Å². The first-order chi connectivity index (χ1) is 9.85. The third-order valence-corrected chi connectivity index (χ3v) is 5.44. The Labute approximate surface area is 123 Å². The molecule has 0 aromatic carbocycles. The summed E-state index contributed by atoms with van der Waals surface area (Å²) in [6.07, 6.45) is 10.2. The minimum absolute atomic E-state index is 0.223. The Morgan fingerprint density at radius 3 is 3.10 bits per heavy atom. The zero-order valence-electron chi connectivity index (χ0n) is 11.8. The standard InChI is InChI=1S/C15H20N4S/c1-2-19-9-16-8-12(19)14(17-10-6-7-10)15-18-11-4-3-5-13(11)20-15/h8-10,14,17H,2-7H2,1H3. The number of aryl methyl sites for hydroxylation is 3. The quantitative estimate of drug-likeness (QED) is 0.920. The molecular weight excluding hydrogens is 268 g/mol. The summed E-state index contributed by atoms with van der Waals surface area (Å²) >= 11 is 1.90. The molecule has 0 bridgehead atoms. The van der Waals surface area contributed by atoms with Gasteiger partial charge in [0.15, 0.2) is 0 Å². The predicted octanol–water partition coefficient (Wildman–Crippen LogP) is 2.69. The lowest BCUT2D eigenvalue weighted by Crippen LogP contribution is -2.26. The van der Waals surface area contributed by atoms with Crippen molar-refractivity contribution in [1.82, 2.24) is 19.9 Å². The smallest absolute Gasteiger partial charge is 0.116 e. The van der Waals surface area contributed by atoms with Gasteiger partial charge in [-0.15, -0.1) is 11.3 Å². The second-order valence-corrected chi connectivity index (χ2v) is 6.87. The molecule has 106 valence electrons. The van der Waals surface area contributed by atoms with Crippen molar-refractivity contribution >= 4 is 11.3 Å². The van der Waals surface area contributed by atoms with E-state index < -0.39 is 0 Å². The van der Waals surface area contributed by atoms with Gasteiger partial charge in [-0.3, -0.25) is 0 Å². The highest BCUT2D eigenvalue weighted by molar-refractivity contribution is 7.11. The molecular formula is C15H20N4S. The van der Waals surface area contributed by atoms with Crippen LogP contribution >= 0.6 is 11.3 Å². The van der Waals surface area contributed by atoms with Crippen LogP contribution in [-0.2, 0) is 19.4 Å². The van der Waals surface area contributed by atoms with E-state index in [1.807, 2.05) is 23.9 Å². The molecule has 0 saturated heterocycles. The summed E-state index contributed by atoms with van der Waals surface area (Å²) in [5, 5.41) is 4.99. The first-order valence-corrected chi connectivity index (χ1v) is 8.41. The second-order valence-electron chi connectivity index (χ2n) is 5.75. The molecule has 2 heterocycles. The SMILES string of the molecule is CCn1cncc1C(NC1CC1)c1nc2c(s1)CCC2. The molecule has 0 aliphatic heterocycles. The molecule has 0 amide bonds. The monoisotopic (exact) mass is 288 g/mol. The van der Waals surface area contributed by atoms with Gasteiger partial charge in [0.2, 0.25) is 0 Å². The molecule has 2 aliphatic rings. The van der Waals surface area contributed by atoms with E-state index in [0.29, 0.717) is 6.04 Å². The van der Waals surface area contributed by atoms with Crippen molar-refractivity contribution in [2.24, 2.45) is 0 Å². The summed E-state index contributed by atoms with van der Waals surface area (Å²) in [7, 11) is 0. The minimum Gasteiger partial charge on any atom is -0.333 e. The summed E-state index contributed by atoms with van der Waals surface area (Å²) < 4.78 is 2.23. The van der Waals surface area contributed by atoms with Crippen LogP contribution in [-0.4, -0.2) is 20.6 Å². The fourth-order valence-corrected chi connectivity index (χ4v) is 4.17. The predicted molar refractivity (Wildman–Crippen MR) is 80.0 cm³/mol. The van der Waals surface area contributed by atoms with Gasteiger partial charge >= 0.3 is 0 Å². The normalized spacial score (nSPS) is 19.2. The molecule has 5 heteroatoms. The van der Waals surface area contributed by atoms with Crippen LogP contribution in [0.2, 0.25) is 0 Å². The molecule has 4 nitrogen and oxygen atoms in total. The number of imidazole rings is 1. The molecule has 20 heavy (non-hydrogen) atoms. The molecule has 4 rings (SSSR count). The second kappa shape index (κ2) is 4.97. The van der Waals surface area contributed by atoms with E-state index >= 15 is 0 Å². The first-order valence-electron chi connectivity index (χ1n) is 7.59. The molecule has 1 atom stereocenters. The highest BCUT2D eigenvalue weighted by atomic mass is 32.1. The fraction of sp³-hybridized carbons (Fsp3) is 0.600. The van der Waals surface area contributed by atoms with E-state index in [4.69, 9.17) is 4.98 Å². The van der Waals surface area contributed by atoms with Crippen LogP contribution in [0, 0.1) is 0 Å². The number of nitrogens with zero attached hydrogens (tertiary/aromatic N) is 3. The Morgan fingerprint density at radius 2 is 2.35 bits per heavy atom. The van der Waals surface area contributed by atoms with Crippen LogP contribution in [0.3, 0.4) is 0 Å². The zero-order chi connectivity index (χ0) is 13.5. The van der Waals surface area contributed by atoms with Gasteiger partial charge < -0.3 is 9.88 Å². The van der Waals surface area contributed by atoms with Crippen molar-refractivity contribution in [3.8, 4) is 0 Å². The third-order valence-electron chi connectivity index (χ3n) is 4.22. The van der Waals surface area contributed by atoms with Gasteiger partial charge in [-0.2, -0.15) is 0 Å². The first kappa shape index (κ1) is 12.5. The van der Waals surface area contributed by atoms with Crippen LogP contribution in [0.5, 0.6) is 0 Å². The van der Waals surface area contributed by atoms with E-state index in [1.165, 1.54) is 47.0 Å². The summed E-state index contributed by atoms with van der Waals surface area (Å²) in [5.74, 6) is 0. The average molecular weight is 288 g/mol. The Morgan fingerprint density at radius 1 is 1.45 bits per heavy atom. The maximum atomic E-state index is 4.92. The molecule has 0 radical (unpaired) electrons. The van der Waals surface area contributed by atoms with E-state index in [1.54, 1.807) is 0 Å². The number of thiazole rings is 1. The van der Waals surface area contributed by atoms with Crippen molar-refractivity contribution < 1.29 is 0 Å². The molecule has 1 fully saturated rings. The van der Waals surface area contributed by atoms with Gasteiger partial charge in [-0.1, -0.05) is 0 Å². The molecule has 1 unspecified atom stereocenters. The number of rotatable bonds is 5. The van der Waals surface area contributed by atoms with Gasteiger partial charge in [-0.25, -0.2) is 9.97 Å². The van der Waals surface area contributed by atoms with Gasteiger partial charge in [0.05, 0.1) is 23.9 Å². The van der Waals surface area contributed by atoms with Crippen LogP contribution in [0.15, 0.2) is 12.5 Å². The fourth-order valence-electron chi connectivity index (χ4n) is 2.94. The van der Waals surface area contributed by atoms with Gasteiger partial charge in [0.25, 0.3) is 0 Å². The average Bonchev–Trinajstić information content (AvgIpc) is 2.88. The van der Waals surface area contributed by atoms with Crippen molar-refractivity contribution in [3.63, 3.8) is 0 Å². The van der Waals surface area contributed by atoms with E-state index in [-0.39, 0.29) is 6.04 Å². The number of hydrogen-bond donors (Lipinski definition) is 1. The zero-order valence-corrected chi connectivity index (χ0v) is 12.6. The largest absolute Gasteiger partial charge is 0.333 e. The van der Waals surface area contributed by atoms with E-state index in [2.05, 4.69) is 21.8 Å². The van der Waals surface area contributed by atoms with Crippen LogP contribution in [0.4, 0.5) is 0 Å². The Kier molecular flexibility index (Phi) is 3.11. The highest BCUT2D eigenvalue weighted by Crippen LogP contribution is 2.35. The number of hydrogen-bond acceptors (Lipinski definition) is 4. The van der Waals surface area contributed by atoms with Crippen LogP contribution < -0.4 is 5.32 Å². The summed E-state index contributed by atoms with van der Waals surface area (Å²) in [6, 6.07) is 0.888. The summed E-state index contributed by atoms with van der Waals surface area (Å²) in [4.78, 5) is 10.8. The van der Waals surface area contributed by atoms with Crippen molar-refractivity contribution in [1.29, 1.82) is 0 Å². The Balaban J connectivity index is 1.70. The Hall–Kier alpha value is -1.20. The van der Waals surface area contributed by atoms with Gasteiger partial charge in [0.1, 0.15) is 11.0 Å². The highest BCUT2D eigenvalue weighted by Gasteiger charge is 2.31. The lowest BCUT2D eigenvalue weighted by molar-refractivity contribution is 0.552. The lowest BCUT2D eigenvalue weighted by Gasteiger charge is -2.18. The van der Waals surface area contributed by atoms with Crippen molar-refractivity contribution in [2.75, 3.05) is 0 Å². The molecule has 2 aromatic heterocycles.